The van der Waals surface area contributed by atoms with Crippen molar-refractivity contribution in [3.8, 4) is 0 Å². The quantitative estimate of drug-likeness (QED) is 0.648. The van der Waals surface area contributed by atoms with Crippen molar-refractivity contribution in [2.75, 3.05) is 0 Å². The van der Waals surface area contributed by atoms with Crippen LogP contribution in [0.4, 0.5) is 4.39 Å². The number of hydrogen-bond donors (Lipinski definition) is 1. The second-order valence-electron chi connectivity index (χ2n) is 4.40. The van der Waals surface area contributed by atoms with Crippen molar-refractivity contribution in [2.45, 2.75) is 25.7 Å². The first-order chi connectivity index (χ1) is 8.08. The monoisotopic (exact) mass is 236 g/mol. The van der Waals surface area contributed by atoms with Gasteiger partial charge in [-0.25, -0.2) is 4.39 Å². The van der Waals surface area contributed by atoms with Crippen LogP contribution in [0, 0.1) is 11.2 Å². The standard InChI is InChI=1S/C13H13FO3/c14-10-6-2-1-5-9(10)11(15)13(12(16)17)7-3-4-8-13/h1-2,5-6H,3-4,7-8H2,(H,16,17). The number of Topliss-reactive ketones (excluding diaryl/α,β-unsaturated/α-hetero) is 1. The van der Waals surface area contributed by atoms with Gasteiger partial charge in [0.1, 0.15) is 11.2 Å². The highest BCUT2D eigenvalue weighted by atomic mass is 19.1. The van der Waals surface area contributed by atoms with Crippen LogP contribution in [0.15, 0.2) is 24.3 Å². The van der Waals surface area contributed by atoms with Crippen LogP contribution < -0.4 is 0 Å². The van der Waals surface area contributed by atoms with E-state index in [-0.39, 0.29) is 5.56 Å². The third-order valence-electron chi connectivity index (χ3n) is 3.42. The van der Waals surface area contributed by atoms with E-state index in [1.54, 1.807) is 6.07 Å². The molecule has 0 spiro atoms. The molecule has 0 amide bonds. The average Bonchev–Trinajstić information content (AvgIpc) is 2.79. The molecule has 1 saturated carbocycles. The topological polar surface area (TPSA) is 54.4 Å². The van der Waals surface area contributed by atoms with Gasteiger partial charge in [-0.15, -0.1) is 0 Å². The fourth-order valence-corrected chi connectivity index (χ4v) is 2.42. The van der Waals surface area contributed by atoms with Gasteiger partial charge in [0.15, 0.2) is 5.78 Å². The molecular weight excluding hydrogens is 223 g/mol. The fraction of sp³-hybridized carbons (Fsp3) is 0.385. The maximum absolute atomic E-state index is 13.5. The van der Waals surface area contributed by atoms with E-state index in [0.717, 1.165) is 0 Å². The maximum atomic E-state index is 13.5. The van der Waals surface area contributed by atoms with Crippen LogP contribution in [0.3, 0.4) is 0 Å². The smallest absolute Gasteiger partial charge is 0.317 e. The first kappa shape index (κ1) is 11.8. The number of ketones is 1. The molecule has 1 aromatic carbocycles. The molecule has 1 fully saturated rings. The Bertz CT molecular complexity index is 461. The van der Waals surface area contributed by atoms with Crippen LogP contribution in [0.25, 0.3) is 0 Å². The summed E-state index contributed by atoms with van der Waals surface area (Å²) in [5.41, 5.74) is -1.53. The zero-order valence-electron chi connectivity index (χ0n) is 9.28. The minimum Gasteiger partial charge on any atom is -0.480 e. The molecule has 0 bridgehead atoms. The molecule has 2 rings (SSSR count). The van der Waals surface area contributed by atoms with Gasteiger partial charge in [0, 0.05) is 0 Å². The predicted molar refractivity (Wildman–Crippen MR) is 59.3 cm³/mol. The zero-order chi connectivity index (χ0) is 12.5. The van der Waals surface area contributed by atoms with Gasteiger partial charge in [0.2, 0.25) is 0 Å². The number of hydrogen-bond acceptors (Lipinski definition) is 2. The highest BCUT2D eigenvalue weighted by Gasteiger charge is 2.48. The fourth-order valence-electron chi connectivity index (χ4n) is 2.42. The molecule has 0 saturated heterocycles. The molecule has 4 heteroatoms. The zero-order valence-corrected chi connectivity index (χ0v) is 9.28. The number of carbonyl (C=O) groups excluding carboxylic acids is 1. The summed E-state index contributed by atoms with van der Waals surface area (Å²) >= 11 is 0. The summed E-state index contributed by atoms with van der Waals surface area (Å²) in [7, 11) is 0. The number of benzene rings is 1. The number of carboxylic acids is 1. The van der Waals surface area contributed by atoms with Gasteiger partial charge < -0.3 is 5.11 Å². The SMILES string of the molecule is O=C(O)C1(C(=O)c2ccccc2F)CCCC1. The van der Waals surface area contributed by atoms with Gasteiger partial charge >= 0.3 is 5.97 Å². The molecule has 3 nitrogen and oxygen atoms in total. The molecule has 0 radical (unpaired) electrons. The average molecular weight is 236 g/mol. The van der Waals surface area contributed by atoms with Gasteiger partial charge in [0.25, 0.3) is 0 Å². The lowest BCUT2D eigenvalue weighted by Crippen LogP contribution is -2.37. The minimum atomic E-state index is -1.41. The molecule has 90 valence electrons. The van der Waals surface area contributed by atoms with Crippen molar-refractivity contribution in [3.63, 3.8) is 0 Å². The summed E-state index contributed by atoms with van der Waals surface area (Å²) < 4.78 is 13.5. The minimum absolute atomic E-state index is 0.114. The van der Waals surface area contributed by atoms with Gasteiger partial charge in [-0.05, 0) is 25.0 Å². The summed E-state index contributed by atoms with van der Waals surface area (Å²) in [5, 5.41) is 9.24. The lowest BCUT2D eigenvalue weighted by Gasteiger charge is -2.22. The third-order valence-corrected chi connectivity index (χ3v) is 3.42. The summed E-state index contributed by atoms with van der Waals surface area (Å²) in [6.07, 6.45) is 2.00. The van der Waals surface area contributed by atoms with Gasteiger partial charge in [-0.3, -0.25) is 9.59 Å². The Balaban J connectivity index is 2.42. The van der Waals surface area contributed by atoms with Crippen molar-refractivity contribution >= 4 is 11.8 Å². The predicted octanol–water partition coefficient (Wildman–Crippen LogP) is 2.65. The Labute approximate surface area is 98.3 Å². The summed E-state index contributed by atoms with van der Waals surface area (Å²) in [5.74, 6) is -2.38. The van der Waals surface area contributed by atoms with E-state index in [1.165, 1.54) is 18.2 Å². The van der Waals surface area contributed by atoms with E-state index in [0.29, 0.717) is 25.7 Å². The highest BCUT2D eigenvalue weighted by molar-refractivity contribution is 6.12. The molecule has 0 unspecified atom stereocenters. The second kappa shape index (κ2) is 4.28. The Morgan fingerprint density at radius 1 is 1.18 bits per heavy atom. The van der Waals surface area contributed by atoms with Crippen LogP contribution in [0.2, 0.25) is 0 Å². The number of carbonyl (C=O) groups is 2. The molecule has 0 aliphatic heterocycles. The maximum Gasteiger partial charge on any atom is 0.317 e. The first-order valence-corrected chi connectivity index (χ1v) is 5.61. The Hall–Kier alpha value is -1.71. The van der Waals surface area contributed by atoms with E-state index in [4.69, 9.17) is 0 Å². The third kappa shape index (κ3) is 1.84. The van der Waals surface area contributed by atoms with Crippen molar-refractivity contribution < 1.29 is 19.1 Å². The number of halogens is 1. The van der Waals surface area contributed by atoms with E-state index in [2.05, 4.69) is 0 Å². The molecule has 17 heavy (non-hydrogen) atoms. The molecule has 0 atom stereocenters. The molecule has 0 heterocycles. The Morgan fingerprint density at radius 3 is 2.29 bits per heavy atom. The summed E-state index contributed by atoms with van der Waals surface area (Å²) in [6.45, 7) is 0. The second-order valence-corrected chi connectivity index (χ2v) is 4.40. The van der Waals surface area contributed by atoms with Gasteiger partial charge in [-0.2, -0.15) is 0 Å². The highest BCUT2D eigenvalue weighted by Crippen LogP contribution is 2.41. The molecular formula is C13H13FO3. The Kier molecular flexibility index (Phi) is 2.96. The largest absolute Gasteiger partial charge is 0.480 e. The summed E-state index contributed by atoms with van der Waals surface area (Å²) in [4.78, 5) is 23.5. The van der Waals surface area contributed by atoms with Crippen molar-refractivity contribution in [2.24, 2.45) is 5.41 Å². The molecule has 1 aliphatic rings. The van der Waals surface area contributed by atoms with Crippen LogP contribution in [-0.2, 0) is 4.79 Å². The van der Waals surface area contributed by atoms with Crippen LogP contribution in [0.5, 0.6) is 0 Å². The van der Waals surface area contributed by atoms with Crippen LogP contribution in [0.1, 0.15) is 36.0 Å². The number of aliphatic carboxylic acids is 1. The number of rotatable bonds is 3. The van der Waals surface area contributed by atoms with E-state index >= 15 is 0 Å². The molecule has 1 N–H and O–H groups in total. The first-order valence-electron chi connectivity index (χ1n) is 5.61. The lowest BCUT2D eigenvalue weighted by atomic mass is 9.78. The van der Waals surface area contributed by atoms with Crippen molar-refractivity contribution in [1.82, 2.24) is 0 Å². The normalized spacial score (nSPS) is 17.9. The Morgan fingerprint density at radius 2 is 1.76 bits per heavy atom. The van der Waals surface area contributed by atoms with E-state index in [1.807, 2.05) is 0 Å². The van der Waals surface area contributed by atoms with Crippen molar-refractivity contribution in [1.29, 1.82) is 0 Å². The number of carboxylic acid groups (broad SMARTS) is 1. The van der Waals surface area contributed by atoms with Crippen LogP contribution >= 0.6 is 0 Å². The van der Waals surface area contributed by atoms with Crippen LogP contribution in [-0.4, -0.2) is 16.9 Å². The molecule has 1 aromatic rings. The molecule has 0 aromatic heterocycles. The van der Waals surface area contributed by atoms with Gasteiger partial charge in [-0.1, -0.05) is 25.0 Å². The van der Waals surface area contributed by atoms with E-state index < -0.39 is 23.0 Å². The van der Waals surface area contributed by atoms with E-state index in [9.17, 15) is 19.1 Å². The summed E-state index contributed by atoms with van der Waals surface area (Å²) in [6, 6.07) is 5.55. The lowest BCUT2D eigenvalue weighted by molar-refractivity contribution is -0.145. The van der Waals surface area contributed by atoms with Crippen molar-refractivity contribution in [3.05, 3.63) is 35.6 Å². The van der Waals surface area contributed by atoms with Gasteiger partial charge in [0.05, 0.1) is 5.56 Å². The molecule has 1 aliphatic carbocycles.